The number of ether oxygens (including phenoxy) is 3. The van der Waals surface area contributed by atoms with Crippen molar-refractivity contribution in [1.29, 1.82) is 0 Å². The minimum Gasteiger partial charge on any atom is -0.492 e. The Morgan fingerprint density at radius 1 is 1.15 bits per heavy atom. The highest BCUT2D eigenvalue weighted by molar-refractivity contribution is 7.22. The second-order valence-electron chi connectivity index (χ2n) is 7.60. The molecule has 0 atom stereocenters. The van der Waals surface area contributed by atoms with E-state index in [0.717, 1.165) is 49.5 Å². The van der Waals surface area contributed by atoms with Gasteiger partial charge in [-0.3, -0.25) is 14.6 Å². The number of aromatic nitrogens is 1. The Hall–Kier alpha value is -2.75. The molecule has 0 spiro atoms. The molecule has 176 valence electrons. The minimum atomic E-state index is -0.495. The van der Waals surface area contributed by atoms with Gasteiger partial charge in [-0.2, -0.15) is 0 Å². The highest BCUT2D eigenvalue weighted by Gasteiger charge is 2.22. The average Bonchev–Trinajstić information content (AvgIpc) is 3.27. The summed E-state index contributed by atoms with van der Waals surface area (Å²) in [6, 6.07) is 11.8. The van der Waals surface area contributed by atoms with Crippen LogP contribution in [-0.4, -0.2) is 68.4 Å². The van der Waals surface area contributed by atoms with Gasteiger partial charge in [-0.05, 0) is 37.6 Å². The monoisotopic (exact) mass is 473 g/mol. The first-order chi connectivity index (χ1) is 16.2. The zero-order valence-electron chi connectivity index (χ0n) is 18.7. The van der Waals surface area contributed by atoms with Gasteiger partial charge in [0.15, 0.2) is 23.3 Å². The quantitative estimate of drug-likeness (QED) is 0.444. The maximum Gasteiger partial charge on any atom is 0.266 e. The maximum atomic E-state index is 13.9. The highest BCUT2D eigenvalue weighted by atomic mass is 32.1. The molecule has 9 heteroatoms. The number of anilines is 1. The highest BCUT2D eigenvalue weighted by Crippen LogP contribution is 2.34. The van der Waals surface area contributed by atoms with Gasteiger partial charge >= 0.3 is 0 Å². The van der Waals surface area contributed by atoms with E-state index < -0.39 is 5.82 Å². The summed E-state index contributed by atoms with van der Waals surface area (Å²) in [4.78, 5) is 21.9. The fourth-order valence-corrected chi connectivity index (χ4v) is 4.71. The number of carbonyl (C=O) groups is 1. The third-order valence-electron chi connectivity index (χ3n) is 5.35. The second kappa shape index (κ2) is 11.4. The Morgan fingerprint density at radius 2 is 1.94 bits per heavy atom. The summed E-state index contributed by atoms with van der Waals surface area (Å²) in [6.07, 6.45) is 0.777. The van der Waals surface area contributed by atoms with Crippen LogP contribution >= 0.6 is 11.3 Å². The van der Waals surface area contributed by atoms with Crippen molar-refractivity contribution in [3.05, 3.63) is 48.3 Å². The van der Waals surface area contributed by atoms with Gasteiger partial charge in [0.25, 0.3) is 5.91 Å². The third kappa shape index (κ3) is 5.98. The smallest absolute Gasteiger partial charge is 0.266 e. The lowest BCUT2D eigenvalue weighted by Crippen LogP contribution is -2.40. The lowest BCUT2D eigenvalue weighted by atomic mass is 10.3. The van der Waals surface area contributed by atoms with E-state index in [2.05, 4.69) is 4.90 Å². The summed E-state index contributed by atoms with van der Waals surface area (Å²) < 4.78 is 31.5. The van der Waals surface area contributed by atoms with Gasteiger partial charge in [0.2, 0.25) is 0 Å². The van der Waals surface area contributed by atoms with Gasteiger partial charge in [-0.15, -0.1) is 0 Å². The molecule has 0 N–H and O–H groups in total. The predicted molar refractivity (Wildman–Crippen MR) is 127 cm³/mol. The molecule has 1 saturated heterocycles. The van der Waals surface area contributed by atoms with Crippen molar-refractivity contribution in [2.45, 2.75) is 13.3 Å². The standard InChI is InChI=1S/C24H28FN3O4S/c1-2-31-20-9-5-10-21-23(20)26-24(33-21)28(12-6-11-27-13-15-30-16-14-27)22(29)17-32-19-8-4-3-7-18(19)25/h3-5,7-10H,2,6,11-17H2,1H3. The van der Waals surface area contributed by atoms with Crippen molar-refractivity contribution >= 4 is 32.6 Å². The Morgan fingerprint density at radius 3 is 2.73 bits per heavy atom. The van der Waals surface area contributed by atoms with Gasteiger partial charge in [0, 0.05) is 26.2 Å². The molecular formula is C24H28FN3O4S. The minimum absolute atomic E-state index is 0.0575. The Labute approximate surface area is 196 Å². The lowest BCUT2D eigenvalue weighted by Gasteiger charge is -2.27. The van der Waals surface area contributed by atoms with Gasteiger partial charge < -0.3 is 14.2 Å². The van der Waals surface area contributed by atoms with E-state index in [-0.39, 0.29) is 18.3 Å². The Balaban J connectivity index is 1.51. The molecule has 1 aliphatic rings. The first-order valence-electron chi connectivity index (χ1n) is 11.2. The first-order valence-corrected chi connectivity index (χ1v) is 12.0. The number of benzene rings is 2. The van der Waals surface area contributed by atoms with Crippen LogP contribution in [0.2, 0.25) is 0 Å². The van der Waals surface area contributed by atoms with E-state index in [0.29, 0.717) is 24.0 Å². The number of fused-ring (bicyclic) bond motifs is 1. The molecule has 4 rings (SSSR count). The largest absolute Gasteiger partial charge is 0.492 e. The predicted octanol–water partition coefficient (Wildman–Crippen LogP) is 3.97. The van der Waals surface area contributed by atoms with Crippen LogP contribution in [0, 0.1) is 5.82 Å². The van der Waals surface area contributed by atoms with E-state index >= 15 is 0 Å². The molecular weight excluding hydrogens is 445 g/mol. The first kappa shape index (κ1) is 23.4. The molecule has 2 heterocycles. The molecule has 0 saturated carbocycles. The fourth-order valence-electron chi connectivity index (χ4n) is 3.68. The van der Waals surface area contributed by atoms with Crippen LogP contribution in [0.15, 0.2) is 42.5 Å². The number of carbonyl (C=O) groups excluding carboxylic acids is 1. The van der Waals surface area contributed by atoms with Crippen molar-refractivity contribution < 1.29 is 23.4 Å². The number of hydrogen-bond acceptors (Lipinski definition) is 7. The summed E-state index contributed by atoms with van der Waals surface area (Å²) in [5.41, 5.74) is 0.736. The van der Waals surface area contributed by atoms with Crippen LogP contribution < -0.4 is 14.4 Å². The third-order valence-corrected chi connectivity index (χ3v) is 6.39. The van der Waals surface area contributed by atoms with Crippen molar-refractivity contribution in [1.82, 2.24) is 9.88 Å². The normalized spacial score (nSPS) is 14.4. The molecule has 1 fully saturated rings. The number of amides is 1. The molecule has 7 nitrogen and oxygen atoms in total. The number of halogens is 1. The SMILES string of the molecule is CCOc1cccc2sc(N(CCCN3CCOCC3)C(=O)COc3ccccc3F)nc12. The van der Waals surface area contributed by atoms with E-state index in [1.807, 2.05) is 25.1 Å². The summed E-state index contributed by atoms with van der Waals surface area (Å²) in [5.74, 6) is -0.00868. The van der Waals surface area contributed by atoms with Crippen LogP contribution in [-0.2, 0) is 9.53 Å². The zero-order chi connectivity index (χ0) is 23.0. The van der Waals surface area contributed by atoms with Crippen molar-refractivity contribution in [3.8, 4) is 11.5 Å². The zero-order valence-corrected chi connectivity index (χ0v) is 19.5. The van der Waals surface area contributed by atoms with Crippen LogP contribution in [0.25, 0.3) is 10.2 Å². The molecule has 1 aromatic heterocycles. The topological polar surface area (TPSA) is 64.1 Å². The lowest BCUT2D eigenvalue weighted by molar-refractivity contribution is -0.120. The van der Waals surface area contributed by atoms with Crippen LogP contribution in [0.4, 0.5) is 9.52 Å². The van der Waals surface area contributed by atoms with E-state index in [4.69, 9.17) is 19.2 Å². The summed E-state index contributed by atoms with van der Waals surface area (Å²) in [5, 5.41) is 0.585. The molecule has 1 aliphatic heterocycles. The van der Waals surface area contributed by atoms with Crippen molar-refractivity contribution in [2.24, 2.45) is 0 Å². The Kier molecular flexibility index (Phi) is 8.09. The van der Waals surface area contributed by atoms with Gasteiger partial charge in [-0.25, -0.2) is 9.37 Å². The number of morpholine rings is 1. The van der Waals surface area contributed by atoms with Gasteiger partial charge in [0.05, 0.1) is 24.5 Å². The number of hydrogen-bond donors (Lipinski definition) is 0. The van der Waals surface area contributed by atoms with E-state index in [1.54, 1.807) is 17.0 Å². The summed E-state index contributed by atoms with van der Waals surface area (Å²) in [7, 11) is 0. The molecule has 1 amide bonds. The van der Waals surface area contributed by atoms with Gasteiger partial charge in [-0.1, -0.05) is 29.5 Å². The van der Waals surface area contributed by atoms with Crippen LogP contribution in [0.3, 0.4) is 0 Å². The molecule has 0 radical (unpaired) electrons. The molecule has 0 unspecified atom stereocenters. The summed E-state index contributed by atoms with van der Waals surface area (Å²) in [6.45, 7) is 6.78. The van der Waals surface area contributed by atoms with E-state index in [1.165, 1.54) is 23.5 Å². The molecule has 2 aromatic carbocycles. The molecule has 0 aliphatic carbocycles. The molecule has 33 heavy (non-hydrogen) atoms. The van der Waals surface area contributed by atoms with Gasteiger partial charge in [0.1, 0.15) is 11.3 Å². The number of para-hydroxylation sites is 2. The molecule has 0 bridgehead atoms. The van der Waals surface area contributed by atoms with Crippen molar-refractivity contribution in [2.75, 3.05) is 57.5 Å². The molecule has 3 aromatic rings. The maximum absolute atomic E-state index is 13.9. The number of rotatable bonds is 10. The Bertz CT molecular complexity index is 1070. The summed E-state index contributed by atoms with van der Waals surface area (Å²) >= 11 is 1.44. The number of thiazole rings is 1. The van der Waals surface area contributed by atoms with Crippen LogP contribution in [0.1, 0.15) is 13.3 Å². The van der Waals surface area contributed by atoms with E-state index in [9.17, 15) is 9.18 Å². The average molecular weight is 474 g/mol. The van der Waals surface area contributed by atoms with Crippen molar-refractivity contribution in [3.63, 3.8) is 0 Å². The number of nitrogens with zero attached hydrogens (tertiary/aromatic N) is 3. The fraction of sp³-hybridized carbons (Fsp3) is 0.417. The second-order valence-corrected chi connectivity index (χ2v) is 8.61. The van der Waals surface area contributed by atoms with Crippen LogP contribution in [0.5, 0.6) is 11.5 Å².